The van der Waals surface area contributed by atoms with Crippen LogP contribution >= 0.6 is 0 Å². The first-order chi connectivity index (χ1) is 8.81. The number of ether oxygens (including phenoxy) is 1. The van der Waals surface area contributed by atoms with Crippen molar-refractivity contribution in [1.29, 1.82) is 0 Å². The molecule has 1 rings (SSSR count). The summed E-state index contributed by atoms with van der Waals surface area (Å²) in [6.45, 7) is 5.86. The van der Waals surface area contributed by atoms with Crippen LogP contribution in [0.4, 0.5) is 0 Å². The monoisotopic (exact) mass is 265 g/mol. The Balaban J connectivity index is 2.70. The van der Waals surface area contributed by atoms with Crippen LogP contribution in [-0.4, -0.2) is 29.1 Å². The van der Waals surface area contributed by atoms with Crippen molar-refractivity contribution in [3.05, 3.63) is 29.8 Å². The summed E-state index contributed by atoms with van der Waals surface area (Å²) in [5.41, 5.74) is 0.549. The summed E-state index contributed by atoms with van der Waals surface area (Å²) < 4.78 is 5.67. The lowest BCUT2D eigenvalue weighted by atomic mass is 10.1. The fraction of sp³-hybridized carbons (Fsp3) is 0.429. The molecule has 1 amide bonds. The van der Waals surface area contributed by atoms with Crippen LogP contribution in [0.5, 0.6) is 5.75 Å². The molecule has 0 aliphatic rings. The number of carboxylic acids is 1. The number of carbonyl (C=O) groups is 2. The minimum absolute atomic E-state index is 0.240. The molecule has 0 saturated heterocycles. The first-order valence-corrected chi connectivity index (χ1v) is 6.02. The average molecular weight is 265 g/mol. The quantitative estimate of drug-likeness (QED) is 0.766. The Morgan fingerprint density at radius 3 is 2.37 bits per heavy atom. The molecular formula is C14H19NO4. The van der Waals surface area contributed by atoms with Gasteiger partial charge in [0.25, 0.3) is 0 Å². The molecule has 0 saturated carbocycles. The highest BCUT2D eigenvalue weighted by Gasteiger charge is 2.17. The molecule has 0 aliphatic carbocycles. The van der Waals surface area contributed by atoms with Gasteiger partial charge in [0.05, 0.1) is 0 Å². The largest absolute Gasteiger partial charge is 0.488 e. The van der Waals surface area contributed by atoms with Crippen molar-refractivity contribution in [2.75, 3.05) is 0 Å². The fourth-order valence-corrected chi connectivity index (χ4v) is 1.58. The van der Waals surface area contributed by atoms with Crippen molar-refractivity contribution in [2.45, 2.75) is 38.8 Å². The summed E-state index contributed by atoms with van der Waals surface area (Å²) in [6, 6.07) is 6.26. The van der Waals surface area contributed by atoms with Gasteiger partial charge in [0.2, 0.25) is 6.41 Å². The number of amides is 1. The van der Waals surface area contributed by atoms with E-state index in [0.717, 1.165) is 11.3 Å². The van der Waals surface area contributed by atoms with E-state index in [-0.39, 0.29) is 12.0 Å². The molecule has 1 aromatic carbocycles. The second-order valence-electron chi connectivity index (χ2n) is 5.24. The number of benzene rings is 1. The zero-order valence-corrected chi connectivity index (χ0v) is 11.3. The zero-order chi connectivity index (χ0) is 14.5. The molecule has 0 aliphatic heterocycles. The van der Waals surface area contributed by atoms with E-state index >= 15 is 0 Å². The maximum Gasteiger partial charge on any atom is 0.326 e. The third-order valence-corrected chi connectivity index (χ3v) is 2.35. The van der Waals surface area contributed by atoms with Crippen LogP contribution in [0, 0.1) is 0 Å². The number of hydrogen-bond donors (Lipinski definition) is 2. The second-order valence-corrected chi connectivity index (χ2v) is 5.24. The number of hydrogen-bond acceptors (Lipinski definition) is 3. The number of carbonyl (C=O) groups excluding carboxylic acids is 1. The first-order valence-electron chi connectivity index (χ1n) is 6.02. The summed E-state index contributed by atoms with van der Waals surface area (Å²) in [4.78, 5) is 21.2. The van der Waals surface area contributed by atoms with Crippen molar-refractivity contribution >= 4 is 12.4 Å². The molecule has 0 fully saturated rings. The molecule has 19 heavy (non-hydrogen) atoms. The van der Waals surface area contributed by atoms with Gasteiger partial charge in [-0.05, 0) is 38.5 Å². The van der Waals surface area contributed by atoms with E-state index in [1.165, 1.54) is 0 Å². The van der Waals surface area contributed by atoms with Crippen molar-refractivity contribution in [3.63, 3.8) is 0 Å². The lowest BCUT2D eigenvalue weighted by molar-refractivity contribution is -0.140. The number of carboxylic acid groups (broad SMARTS) is 1. The molecular weight excluding hydrogens is 246 g/mol. The van der Waals surface area contributed by atoms with Crippen LogP contribution in [0.3, 0.4) is 0 Å². The molecule has 0 aromatic heterocycles. The first kappa shape index (κ1) is 15.0. The summed E-state index contributed by atoms with van der Waals surface area (Å²) >= 11 is 0. The van der Waals surface area contributed by atoms with Gasteiger partial charge in [-0.3, -0.25) is 4.79 Å². The highest BCUT2D eigenvalue weighted by molar-refractivity contribution is 5.76. The van der Waals surface area contributed by atoms with Gasteiger partial charge in [-0.1, -0.05) is 12.1 Å². The van der Waals surface area contributed by atoms with Crippen LogP contribution in [0.25, 0.3) is 0 Å². The smallest absolute Gasteiger partial charge is 0.326 e. The number of rotatable bonds is 6. The van der Waals surface area contributed by atoms with Crippen LogP contribution in [0.2, 0.25) is 0 Å². The predicted octanol–water partition coefficient (Wildman–Crippen LogP) is 1.61. The SMILES string of the molecule is CC(C)(C)Oc1ccc(CC(NC=O)C(=O)O)cc1. The Morgan fingerprint density at radius 1 is 1.37 bits per heavy atom. The van der Waals surface area contributed by atoms with Crippen molar-refractivity contribution in [1.82, 2.24) is 5.32 Å². The Morgan fingerprint density at radius 2 is 1.95 bits per heavy atom. The molecule has 2 N–H and O–H groups in total. The van der Waals surface area contributed by atoms with E-state index in [4.69, 9.17) is 9.84 Å². The Kier molecular flexibility index (Phi) is 4.92. The number of aliphatic carboxylic acids is 1. The Labute approximate surface area is 112 Å². The van der Waals surface area contributed by atoms with E-state index < -0.39 is 12.0 Å². The van der Waals surface area contributed by atoms with Crippen molar-refractivity contribution < 1.29 is 19.4 Å². The maximum atomic E-state index is 10.9. The van der Waals surface area contributed by atoms with Gasteiger partial charge >= 0.3 is 5.97 Å². The normalized spacial score (nSPS) is 12.6. The lowest BCUT2D eigenvalue weighted by Crippen LogP contribution is -2.37. The minimum Gasteiger partial charge on any atom is -0.488 e. The topological polar surface area (TPSA) is 75.6 Å². The van der Waals surface area contributed by atoms with Crippen LogP contribution < -0.4 is 10.1 Å². The van der Waals surface area contributed by atoms with E-state index in [2.05, 4.69) is 5.32 Å². The molecule has 5 heteroatoms. The van der Waals surface area contributed by atoms with E-state index in [0.29, 0.717) is 6.41 Å². The molecule has 0 bridgehead atoms. The minimum atomic E-state index is -1.05. The summed E-state index contributed by atoms with van der Waals surface area (Å²) in [5.74, 6) is -0.325. The van der Waals surface area contributed by atoms with Crippen molar-refractivity contribution in [2.24, 2.45) is 0 Å². The van der Waals surface area contributed by atoms with Crippen LogP contribution in [0.15, 0.2) is 24.3 Å². The van der Waals surface area contributed by atoms with Gasteiger partial charge in [-0.25, -0.2) is 4.79 Å². The highest BCUT2D eigenvalue weighted by Crippen LogP contribution is 2.19. The van der Waals surface area contributed by atoms with E-state index in [1.807, 2.05) is 20.8 Å². The molecule has 0 heterocycles. The van der Waals surface area contributed by atoms with Gasteiger partial charge < -0.3 is 15.2 Å². The van der Waals surface area contributed by atoms with E-state index in [9.17, 15) is 9.59 Å². The molecule has 1 atom stereocenters. The Bertz CT molecular complexity index is 434. The van der Waals surface area contributed by atoms with Crippen LogP contribution in [-0.2, 0) is 16.0 Å². The summed E-state index contributed by atoms with van der Waals surface area (Å²) in [7, 11) is 0. The standard InChI is InChI=1S/C14H19NO4/c1-14(2,3)19-11-6-4-10(5-7-11)8-12(13(17)18)15-9-16/h4-7,9,12H,8H2,1-3H3,(H,15,16)(H,17,18). The average Bonchev–Trinajstić information content (AvgIpc) is 2.29. The van der Waals surface area contributed by atoms with Gasteiger partial charge in [0.15, 0.2) is 0 Å². The zero-order valence-electron chi connectivity index (χ0n) is 11.3. The highest BCUT2D eigenvalue weighted by atomic mass is 16.5. The maximum absolute atomic E-state index is 10.9. The van der Waals surface area contributed by atoms with Gasteiger partial charge in [-0.2, -0.15) is 0 Å². The Hall–Kier alpha value is -2.04. The molecule has 1 unspecified atom stereocenters. The summed E-state index contributed by atoms with van der Waals surface area (Å²) in [5, 5.41) is 11.2. The van der Waals surface area contributed by atoms with Gasteiger partial charge in [-0.15, -0.1) is 0 Å². The lowest BCUT2D eigenvalue weighted by Gasteiger charge is -2.21. The fourth-order valence-electron chi connectivity index (χ4n) is 1.58. The molecule has 0 radical (unpaired) electrons. The number of nitrogens with one attached hydrogen (secondary N) is 1. The van der Waals surface area contributed by atoms with Crippen molar-refractivity contribution in [3.8, 4) is 5.75 Å². The molecule has 0 spiro atoms. The second kappa shape index (κ2) is 6.22. The molecule has 5 nitrogen and oxygen atoms in total. The van der Waals surface area contributed by atoms with Gasteiger partial charge in [0.1, 0.15) is 17.4 Å². The molecule has 1 aromatic rings. The molecule has 104 valence electrons. The van der Waals surface area contributed by atoms with Gasteiger partial charge in [0, 0.05) is 6.42 Å². The predicted molar refractivity (Wildman–Crippen MR) is 71.2 cm³/mol. The third-order valence-electron chi connectivity index (χ3n) is 2.35. The third kappa shape index (κ3) is 5.42. The summed E-state index contributed by atoms with van der Waals surface area (Å²) in [6.07, 6.45) is 0.639. The van der Waals surface area contributed by atoms with Crippen LogP contribution in [0.1, 0.15) is 26.3 Å². The van der Waals surface area contributed by atoms with E-state index in [1.54, 1.807) is 24.3 Å².